The van der Waals surface area contributed by atoms with Crippen molar-refractivity contribution in [2.75, 3.05) is 6.54 Å². The molecule has 0 saturated carbocycles. The van der Waals surface area contributed by atoms with E-state index in [1.807, 2.05) is 24.1 Å². The van der Waals surface area contributed by atoms with Gasteiger partial charge in [0.1, 0.15) is 5.01 Å². The molecule has 1 unspecified atom stereocenters. The molecule has 5 heteroatoms. The lowest BCUT2D eigenvalue weighted by atomic mass is 10.1. The van der Waals surface area contributed by atoms with E-state index in [4.69, 9.17) is 4.98 Å². The minimum absolute atomic E-state index is 0.154. The Morgan fingerprint density at radius 3 is 2.72 bits per heavy atom. The van der Waals surface area contributed by atoms with E-state index in [-0.39, 0.29) is 6.04 Å². The smallest absolute Gasteiger partial charge is 0.115 e. The van der Waals surface area contributed by atoms with Crippen LogP contribution in [0, 0.1) is 0 Å². The molecule has 0 aliphatic heterocycles. The first-order valence-corrected chi connectivity index (χ1v) is 7.17. The Morgan fingerprint density at radius 1 is 1.44 bits per heavy atom. The van der Waals surface area contributed by atoms with Gasteiger partial charge in [-0.15, -0.1) is 11.3 Å². The second-order valence-electron chi connectivity index (χ2n) is 4.70. The van der Waals surface area contributed by atoms with Gasteiger partial charge in [-0.25, -0.2) is 4.98 Å². The van der Waals surface area contributed by atoms with Crippen molar-refractivity contribution in [3.63, 3.8) is 0 Å². The summed E-state index contributed by atoms with van der Waals surface area (Å²) in [6, 6.07) is 0.154. The average molecular weight is 264 g/mol. The van der Waals surface area contributed by atoms with Crippen molar-refractivity contribution in [1.29, 1.82) is 0 Å². The molecule has 2 heterocycles. The highest BCUT2D eigenvalue weighted by Crippen LogP contribution is 2.27. The fourth-order valence-corrected chi connectivity index (χ4v) is 2.92. The van der Waals surface area contributed by atoms with E-state index >= 15 is 0 Å². The lowest BCUT2D eigenvalue weighted by Crippen LogP contribution is -2.21. The number of aryl methyl sites for hydroxylation is 1. The van der Waals surface area contributed by atoms with Crippen molar-refractivity contribution in [2.45, 2.75) is 32.7 Å². The normalized spacial score (nSPS) is 13.2. The molecule has 0 aliphatic carbocycles. The maximum Gasteiger partial charge on any atom is 0.115 e. The second kappa shape index (κ2) is 5.63. The van der Waals surface area contributed by atoms with E-state index in [0.29, 0.717) is 5.92 Å². The van der Waals surface area contributed by atoms with Crippen LogP contribution in [0.25, 0.3) is 0 Å². The zero-order valence-electron chi connectivity index (χ0n) is 11.3. The van der Waals surface area contributed by atoms with Crippen molar-refractivity contribution in [3.8, 4) is 0 Å². The van der Waals surface area contributed by atoms with Crippen molar-refractivity contribution < 1.29 is 0 Å². The number of nitrogens with one attached hydrogen (secondary N) is 1. The van der Waals surface area contributed by atoms with E-state index in [1.165, 1.54) is 11.3 Å². The Kier molecular flexibility index (Phi) is 4.14. The molecular formula is C13H20N4S. The minimum Gasteiger partial charge on any atom is -0.304 e. The van der Waals surface area contributed by atoms with E-state index < -0.39 is 0 Å². The largest absolute Gasteiger partial charge is 0.304 e. The van der Waals surface area contributed by atoms with Crippen molar-refractivity contribution in [1.82, 2.24) is 20.1 Å². The summed E-state index contributed by atoms with van der Waals surface area (Å²) in [4.78, 5) is 4.73. The van der Waals surface area contributed by atoms with Crippen LogP contribution in [0.2, 0.25) is 0 Å². The average Bonchev–Trinajstić information content (AvgIpc) is 2.94. The molecule has 2 rings (SSSR count). The summed E-state index contributed by atoms with van der Waals surface area (Å²) in [5.41, 5.74) is 2.34. The van der Waals surface area contributed by atoms with E-state index in [0.717, 1.165) is 11.6 Å². The summed E-state index contributed by atoms with van der Waals surface area (Å²) in [5, 5.41) is 11.0. The van der Waals surface area contributed by atoms with Gasteiger partial charge in [0, 0.05) is 24.2 Å². The molecule has 1 atom stereocenters. The lowest BCUT2D eigenvalue weighted by Gasteiger charge is -2.13. The highest BCUT2D eigenvalue weighted by molar-refractivity contribution is 7.09. The molecule has 0 bridgehead atoms. The molecule has 4 nitrogen and oxygen atoms in total. The van der Waals surface area contributed by atoms with Gasteiger partial charge < -0.3 is 5.32 Å². The second-order valence-corrected chi connectivity index (χ2v) is 5.59. The first-order chi connectivity index (χ1) is 8.61. The fraction of sp³-hybridized carbons (Fsp3) is 0.538. The third-order valence-electron chi connectivity index (χ3n) is 2.84. The van der Waals surface area contributed by atoms with E-state index in [9.17, 15) is 0 Å². The number of nitrogens with zero attached hydrogens (tertiary/aromatic N) is 3. The lowest BCUT2D eigenvalue weighted by molar-refractivity contribution is 0.622. The standard InChI is InChI=1S/C13H20N4S/c1-5-14-12(10-6-15-17(4)7-10)13-16-11(8-18-13)9(2)3/h6-9,12,14H,5H2,1-4H3. The molecule has 2 aromatic heterocycles. The number of aromatic nitrogens is 3. The number of thiazole rings is 1. The van der Waals surface area contributed by atoms with Crippen LogP contribution >= 0.6 is 11.3 Å². The molecule has 0 radical (unpaired) electrons. The molecule has 18 heavy (non-hydrogen) atoms. The van der Waals surface area contributed by atoms with Gasteiger partial charge in [-0.05, 0) is 12.5 Å². The fourth-order valence-electron chi connectivity index (χ4n) is 1.84. The summed E-state index contributed by atoms with van der Waals surface area (Å²) >= 11 is 1.72. The first kappa shape index (κ1) is 13.2. The summed E-state index contributed by atoms with van der Waals surface area (Å²) in [7, 11) is 1.94. The summed E-state index contributed by atoms with van der Waals surface area (Å²) in [6.45, 7) is 7.37. The minimum atomic E-state index is 0.154. The van der Waals surface area contributed by atoms with Gasteiger partial charge in [-0.1, -0.05) is 20.8 Å². The van der Waals surface area contributed by atoms with Crippen LogP contribution in [0.4, 0.5) is 0 Å². The van der Waals surface area contributed by atoms with E-state index in [1.54, 1.807) is 11.3 Å². The van der Waals surface area contributed by atoms with Crippen molar-refractivity contribution >= 4 is 11.3 Å². The van der Waals surface area contributed by atoms with Crippen molar-refractivity contribution in [3.05, 3.63) is 34.0 Å². The van der Waals surface area contributed by atoms with Gasteiger partial charge in [0.25, 0.3) is 0 Å². The van der Waals surface area contributed by atoms with Crippen LogP contribution in [-0.4, -0.2) is 21.3 Å². The SMILES string of the molecule is CCNC(c1cnn(C)c1)c1nc(C(C)C)cs1. The molecule has 0 aliphatic rings. The predicted molar refractivity (Wildman–Crippen MR) is 74.9 cm³/mol. The number of hydrogen-bond acceptors (Lipinski definition) is 4. The Hall–Kier alpha value is -1.20. The maximum absolute atomic E-state index is 4.73. The Bertz CT molecular complexity index is 501. The maximum atomic E-state index is 4.73. The molecule has 98 valence electrons. The molecule has 0 fully saturated rings. The zero-order chi connectivity index (χ0) is 13.1. The summed E-state index contributed by atoms with van der Waals surface area (Å²) in [5.74, 6) is 0.478. The molecule has 0 aromatic carbocycles. The van der Waals surface area contributed by atoms with Crippen molar-refractivity contribution in [2.24, 2.45) is 7.05 Å². The van der Waals surface area contributed by atoms with Gasteiger partial charge in [0.15, 0.2) is 0 Å². The third kappa shape index (κ3) is 2.79. The van der Waals surface area contributed by atoms with Gasteiger partial charge in [-0.3, -0.25) is 4.68 Å². The molecule has 0 saturated heterocycles. The number of rotatable bonds is 5. The monoisotopic (exact) mass is 264 g/mol. The van der Waals surface area contributed by atoms with Gasteiger partial charge in [-0.2, -0.15) is 5.10 Å². The van der Waals surface area contributed by atoms with Crippen LogP contribution in [0.5, 0.6) is 0 Å². The number of hydrogen-bond donors (Lipinski definition) is 1. The Morgan fingerprint density at radius 2 is 2.22 bits per heavy atom. The predicted octanol–water partition coefficient (Wildman–Crippen LogP) is 2.70. The van der Waals surface area contributed by atoms with Crippen LogP contribution in [0.3, 0.4) is 0 Å². The van der Waals surface area contributed by atoms with Gasteiger partial charge in [0.05, 0.1) is 17.9 Å². The van der Waals surface area contributed by atoms with Crippen LogP contribution < -0.4 is 5.32 Å². The summed E-state index contributed by atoms with van der Waals surface area (Å²) < 4.78 is 1.83. The first-order valence-electron chi connectivity index (χ1n) is 6.29. The van der Waals surface area contributed by atoms with Gasteiger partial charge >= 0.3 is 0 Å². The Balaban J connectivity index is 2.29. The Labute approximate surface area is 112 Å². The van der Waals surface area contributed by atoms with Crippen LogP contribution in [0.15, 0.2) is 17.8 Å². The molecular weight excluding hydrogens is 244 g/mol. The zero-order valence-corrected chi connectivity index (χ0v) is 12.2. The molecule has 0 amide bonds. The van der Waals surface area contributed by atoms with E-state index in [2.05, 4.69) is 36.6 Å². The summed E-state index contributed by atoms with van der Waals surface area (Å²) in [6.07, 6.45) is 3.95. The van der Waals surface area contributed by atoms with Gasteiger partial charge in [0.2, 0.25) is 0 Å². The third-order valence-corrected chi connectivity index (χ3v) is 3.77. The highest BCUT2D eigenvalue weighted by Gasteiger charge is 2.18. The molecule has 1 N–H and O–H groups in total. The quantitative estimate of drug-likeness (QED) is 0.903. The topological polar surface area (TPSA) is 42.7 Å². The highest BCUT2D eigenvalue weighted by atomic mass is 32.1. The van der Waals surface area contributed by atoms with Crippen LogP contribution in [0.1, 0.15) is 49.0 Å². The van der Waals surface area contributed by atoms with Crippen LogP contribution in [-0.2, 0) is 7.05 Å². The molecule has 0 spiro atoms. The molecule has 2 aromatic rings.